The number of nitrogen functional groups attached to an aromatic ring is 1. The summed E-state index contributed by atoms with van der Waals surface area (Å²) in [5, 5.41) is 9.94. The van der Waals surface area contributed by atoms with Crippen molar-refractivity contribution in [3.05, 3.63) is 17.2 Å². The number of aromatic nitrogens is 1. The van der Waals surface area contributed by atoms with Gasteiger partial charge in [-0.1, -0.05) is 11.6 Å². The van der Waals surface area contributed by atoms with E-state index in [0.717, 1.165) is 0 Å². The zero-order valence-corrected chi connectivity index (χ0v) is 9.31. The Balaban J connectivity index is 2.31. The molecule has 0 spiro atoms. The molecule has 0 radical (unpaired) electrons. The molecule has 1 aliphatic heterocycles. The van der Waals surface area contributed by atoms with Gasteiger partial charge >= 0.3 is 0 Å². The molecule has 1 aliphatic rings. The summed E-state index contributed by atoms with van der Waals surface area (Å²) in [5.41, 5.74) is 5.55. The highest BCUT2D eigenvalue weighted by atomic mass is 35.5. The Labute approximate surface area is 97.8 Å². The van der Waals surface area contributed by atoms with Crippen LogP contribution >= 0.6 is 11.6 Å². The minimum Gasteiger partial charge on any atom is -0.391 e. The first kappa shape index (κ1) is 11.2. The van der Waals surface area contributed by atoms with Gasteiger partial charge in [-0.15, -0.1) is 0 Å². The minimum atomic E-state index is -0.514. The average molecular weight is 242 g/mol. The number of β-amino-alcohol motifs (C(OH)–C–C–N with tert-alkyl or cyclic N) is 1. The smallest absolute Gasteiger partial charge is 0.228 e. The van der Waals surface area contributed by atoms with Crippen molar-refractivity contribution in [1.82, 2.24) is 4.98 Å². The van der Waals surface area contributed by atoms with E-state index in [1.165, 1.54) is 11.0 Å². The van der Waals surface area contributed by atoms with Gasteiger partial charge in [0.25, 0.3) is 0 Å². The van der Waals surface area contributed by atoms with Crippen LogP contribution in [-0.4, -0.2) is 28.6 Å². The van der Waals surface area contributed by atoms with E-state index in [1.54, 1.807) is 6.07 Å². The first-order valence-electron chi connectivity index (χ1n) is 4.98. The quantitative estimate of drug-likeness (QED) is 0.763. The molecule has 1 unspecified atom stereocenters. The molecule has 1 fully saturated rings. The predicted molar refractivity (Wildman–Crippen MR) is 61.3 cm³/mol. The van der Waals surface area contributed by atoms with Gasteiger partial charge in [0.1, 0.15) is 11.6 Å². The number of hydrogen-bond donors (Lipinski definition) is 2. The number of aliphatic hydroxyl groups is 1. The van der Waals surface area contributed by atoms with E-state index in [2.05, 4.69) is 4.98 Å². The first-order valence-corrected chi connectivity index (χ1v) is 5.35. The summed E-state index contributed by atoms with van der Waals surface area (Å²) >= 11 is 5.83. The summed E-state index contributed by atoms with van der Waals surface area (Å²) in [7, 11) is 0. The summed E-state index contributed by atoms with van der Waals surface area (Å²) in [6, 6.07) is 3.07. The lowest BCUT2D eigenvalue weighted by Crippen LogP contribution is -2.43. The Bertz CT molecular complexity index is 404. The van der Waals surface area contributed by atoms with Crippen LogP contribution in [0.3, 0.4) is 0 Å². The van der Waals surface area contributed by atoms with E-state index in [9.17, 15) is 9.90 Å². The van der Waals surface area contributed by atoms with Crippen LogP contribution in [0.4, 0.5) is 11.6 Å². The van der Waals surface area contributed by atoms with Gasteiger partial charge in [-0.3, -0.25) is 9.69 Å². The molecule has 0 aliphatic carbocycles. The molecule has 0 aromatic carbocycles. The number of hydrogen-bond acceptors (Lipinski definition) is 4. The fourth-order valence-electron chi connectivity index (χ4n) is 1.69. The zero-order valence-electron chi connectivity index (χ0n) is 8.56. The number of halogens is 1. The maximum Gasteiger partial charge on any atom is 0.228 e. The Hall–Kier alpha value is -1.33. The van der Waals surface area contributed by atoms with Crippen LogP contribution in [0.5, 0.6) is 0 Å². The number of carbonyl (C=O) groups excluding carboxylic acids is 1. The zero-order chi connectivity index (χ0) is 11.7. The third-order valence-electron chi connectivity index (χ3n) is 2.46. The Morgan fingerprint density at radius 1 is 1.56 bits per heavy atom. The van der Waals surface area contributed by atoms with Gasteiger partial charge in [0.05, 0.1) is 12.6 Å². The highest BCUT2D eigenvalue weighted by molar-refractivity contribution is 6.31. The van der Waals surface area contributed by atoms with Crippen LogP contribution in [0, 0.1) is 0 Å². The first-order chi connectivity index (χ1) is 7.56. The van der Waals surface area contributed by atoms with Crippen LogP contribution in [0.25, 0.3) is 0 Å². The molecule has 16 heavy (non-hydrogen) atoms. The van der Waals surface area contributed by atoms with E-state index in [0.29, 0.717) is 23.7 Å². The molecule has 1 aromatic heterocycles. The molecule has 3 N–H and O–H groups in total. The predicted octanol–water partition coefficient (Wildman–Crippen LogP) is 0.805. The largest absolute Gasteiger partial charge is 0.391 e. The summed E-state index contributed by atoms with van der Waals surface area (Å²) in [5.74, 6) is 0.587. The van der Waals surface area contributed by atoms with Crippen LogP contribution < -0.4 is 10.6 Å². The number of anilines is 2. The van der Waals surface area contributed by atoms with Gasteiger partial charge in [-0.25, -0.2) is 4.98 Å². The second kappa shape index (κ2) is 4.27. The van der Waals surface area contributed by atoms with Gasteiger partial charge < -0.3 is 10.8 Å². The van der Waals surface area contributed by atoms with Gasteiger partial charge in [-0.2, -0.15) is 0 Å². The van der Waals surface area contributed by atoms with Crippen molar-refractivity contribution in [2.24, 2.45) is 0 Å². The maximum atomic E-state index is 11.7. The fourth-order valence-corrected chi connectivity index (χ4v) is 1.90. The van der Waals surface area contributed by atoms with Crippen LogP contribution in [0.1, 0.15) is 12.8 Å². The molecule has 1 amide bonds. The number of nitrogens with zero attached hydrogens (tertiary/aromatic N) is 2. The number of nitrogens with two attached hydrogens (primary N) is 1. The summed E-state index contributed by atoms with van der Waals surface area (Å²) in [4.78, 5) is 17.1. The molecule has 2 rings (SSSR count). The number of amides is 1. The van der Waals surface area contributed by atoms with E-state index in [4.69, 9.17) is 17.3 Å². The molecule has 5 nitrogen and oxygen atoms in total. The average Bonchev–Trinajstić information content (AvgIpc) is 2.20. The van der Waals surface area contributed by atoms with E-state index < -0.39 is 6.10 Å². The number of pyridine rings is 1. The molecule has 0 bridgehead atoms. The Morgan fingerprint density at radius 2 is 2.31 bits per heavy atom. The van der Waals surface area contributed by atoms with Gasteiger partial charge in [0.15, 0.2) is 0 Å². The molecule has 1 saturated heterocycles. The normalized spacial score (nSPS) is 21.2. The van der Waals surface area contributed by atoms with Crippen molar-refractivity contribution in [3.63, 3.8) is 0 Å². The number of rotatable bonds is 1. The second-order valence-corrected chi connectivity index (χ2v) is 4.20. The standard InChI is InChI=1S/C10H12ClN3O2/c11-6-3-8(12)13-9(4-6)14-5-7(15)1-2-10(14)16/h3-4,7,15H,1-2,5H2,(H2,12,13). The van der Waals surface area contributed by atoms with Crippen LogP contribution in [-0.2, 0) is 4.79 Å². The van der Waals surface area contributed by atoms with Crippen molar-refractivity contribution in [1.29, 1.82) is 0 Å². The molecule has 1 aromatic rings. The van der Waals surface area contributed by atoms with E-state index in [-0.39, 0.29) is 18.3 Å². The highest BCUT2D eigenvalue weighted by Gasteiger charge is 2.26. The van der Waals surface area contributed by atoms with Crippen molar-refractivity contribution in [2.45, 2.75) is 18.9 Å². The van der Waals surface area contributed by atoms with Crippen LogP contribution in [0.15, 0.2) is 12.1 Å². The van der Waals surface area contributed by atoms with E-state index in [1.807, 2.05) is 0 Å². The molecule has 0 saturated carbocycles. The van der Waals surface area contributed by atoms with Crippen LogP contribution in [0.2, 0.25) is 5.02 Å². The third kappa shape index (κ3) is 2.25. The molecular formula is C10H12ClN3O2. The number of aliphatic hydroxyl groups excluding tert-OH is 1. The SMILES string of the molecule is Nc1cc(Cl)cc(N2CC(O)CCC2=O)n1. The lowest BCUT2D eigenvalue weighted by Gasteiger charge is -2.29. The molecular weight excluding hydrogens is 230 g/mol. The monoisotopic (exact) mass is 241 g/mol. The molecule has 2 heterocycles. The van der Waals surface area contributed by atoms with Crippen molar-refractivity contribution in [2.75, 3.05) is 17.2 Å². The van der Waals surface area contributed by atoms with Crippen molar-refractivity contribution in [3.8, 4) is 0 Å². The minimum absolute atomic E-state index is 0.0699. The summed E-state index contributed by atoms with van der Waals surface area (Å²) in [6.45, 7) is 0.242. The highest BCUT2D eigenvalue weighted by Crippen LogP contribution is 2.23. The Kier molecular flexibility index (Phi) is 2.98. The van der Waals surface area contributed by atoms with Crippen molar-refractivity contribution < 1.29 is 9.90 Å². The lowest BCUT2D eigenvalue weighted by atomic mass is 10.1. The van der Waals surface area contributed by atoms with Gasteiger partial charge in [0.2, 0.25) is 5.91 Å². The molecule has 6 heteroatoms. The number of carbonyl (C=O) groups is 1. The maximum absolute atomic E-state index is 11.7. The van der Waals surface area contributed by atoms with Crippen molar-refractivity contribution >= 4 is 29.1 Å². The summed E-state index contributed by atoms with van der Waals surface area (Å²) in [6.07, 6.45) is 0.292. The van der Waals surface area contributed by atoms with Gasteiger partial charge in [0, 0.05) is 11.4 Å². The topological polar surface area (TPSA) is 79.5 Å². The fraction of sp³-hybridized carbons (Fsp3) is 0.400. The lowest BCUT2D eigenvalue weighted by molar-refractivity contribution is -0.121. The Morgan fingerprint density at radius 3 is 3.00 bits per heavy atom. The van der Waals surface area contributed by atoms with Gasteiger partial charge in [-0.05, 0) is 18.6 Å². The second-order valence-electron chi connectivity index (χ2n) is 3.77. The molecule has 86 valence electrons. The van der Waals surface area contributed by atoms with E-state index >= 15 is 0 Å². The number of piperidine rings is 1. The summed E-state index contributed by atoms with van der Waals surface area (Å²) < 4.78 is 0. The third-order valence-corrected chi connectivity index (χ3v) is 2.68. The molecule has 1 atom stereocenters.